The van der Waals surface area contributed by atoms with E-state index in [-0.39, 0.29) is 6.42 Å². The maximum atomic E-state index is 10.6. The van der Waals surface area contributed by atoms with Crippen molar-refractivity contribution in [3.05, 3.63) is 35.4 Å². The molecule has 0 saturated carbocycles. The number of nitrogens with one attached hydrogen (secondary N) is 1. The smallest absolute Gasteiger partial charge is 0.307 e. The molecule has 2 N–H and O–H groups in total. The second-order valence-corrected chi connectivity index (χ2v) is 3.61. The first-order chi connectivity index (χ1) is 8.17. The number of aliphatic carboxylic acids is 1. The number of carboxylic acids is 1. The van der Waals surface area contributed by atoms with Crippen molar-refractivity contribution in [1.29, 1.82) is 0 Å². The number of carbonyl (C=O) groups is 1. The number of rotatable bonds is 6. The fourth-order valence-corrected chi connectivity index (χ4v) is 1.50. The van der Waals surface area contributed by atoms with Crippen molar-refractivity contribution in [3.8, 4) is 5.75 Å². The Morgan fingerprint density at radius 1 is 1.53 bits per heavy atom. The fourth-order valence-electron chi connectivity index (χ4n) is 1.50. The van der Waals surface area contributed by atoms with Gasteiger partial charge >= 0.3 is 5.97 Å². The standard InChI is InChI=1S/C13H17NO3/c1-14-7-3-4-11-8-10(9-13(15)16)5-6-12(11)17-2/h3-6,8,14H,7,9H2,1-2H3,(H,15,16). The van der Waals surface area contributed by atoms with E-state index in [4.69, 9.17) is 9.84 Å². The Morgan fingerprint density at radius 2 is 2.29 bits per heavy atom. The van der Waals surface area contributed by atoms with Crippen LogP contribution < -0.4 is 10.1 Å². The predicted octanol–water partition coefficient (Wildman–Crippen LogP) is 1.55. The first-order valence-electron chi connectivity index (χ1n) is 5.37. The van der Waals surface area contributed by atoms with Gasteiger partial charge in [0.25, 0.3) is 0 Å². The van der Waals surface area contributed by atoms with Crippen LogP contribution >= 0.6 is 0 Å². The summed E-state index contributed by atoms with van der Waals surface area (Å²) < 4.78 is 5.22. The first kappa shape index (κ1) is 13.3. The van der Waals surface area contributed by atoms with E-state index in [1.54, 1.807) is 19.2 Å². The molecule has 0 spiro atoms. The molecule has 0 aliphatic rings. The van der Waals surface area contributed by atoms with Crippen LogP contribution in [0.2, 0.25) is 0 Å². The Bertz CT molecular complexity index is 413. The molecule has 0 aliphatic heterocycles. The second-order valence-electron chi connectivity index (χ2n) is 3.61. The van der Waals surface area contributed by atoms with Crippen LogP contribution in [0.1, 0.15) is 11.1 Å². The molecule has 1 aromatic rings. The van der Waals surface area contributed by atoms with E-state index < -0.39 is 5.97 Å². The summed E-state index contributed by atoms with van der Waals surface area (Å²) in [5, 5.41) is 11.7. The zero-order valence-corrected chi connectivity index (χ0v) is 10.1. The lowest BCUT2D eigenvalue weighted by molar-refractivity contribution is -0.136. The highest BCUT2D eigenvalue weighted by atomic mass is 16.5. The van der Waals surface area contributed by atoms with Gasteiger partial charge in [-0.25, -0.2) is 0 Å². The van der Waals surface area contributed by atoms with E-state index in [1.807, 2.05) is 25.3 Å². The summed E-state index contributed by atoms with van der Waals surface area (Å²) in [6.45, 7) is 0.756. The third kappa shape index (κ3) is 4.28. The summed E-state index contributed by atoms with van der Waals surface area (Å²) in [5.41, 5.74) is 1.66. The van der Waals surface area contributed by atoms with E-state index in [0.29, 0.717) is 0 Å². The molecule has 0 fully saturated rings. The van der Waals surface area contributed by atoms with Crippen LogP contribution in [0, 0.1) is 0 Å². The Kier molecular flexibility index (Phi) is 5.23. The molecule has 0 aliphatic carbocycles. The number of ether oxygens (including phenoxy) is 1. The van der Waals surface area contributed by atoms with Gasteiger partial charge in [0.1, 0.15) is 5.75 Å². The van der Waals surface area contributed by atoms with Crippen molar-refractivity contribution in [1.82, 2.24) is 5.32 Å². The topological polar surface area (TPSA) is 58.6 Å². The summed E-state index contributed by atoms with van der Waals surface area (Å²) in [6, 6.07) is 5.39. The highest BCUT2D eigenvalue weighted by Crippen LogP contribution is 2.21. The zero-order chi connectivity index (χ0) is 12.7. The summed E-state index contributed by atoms with van der Waals surface area (Å²) >= 11 is 0. The molecule has 92 valence electrons. The van der Waals surface area contributed by atoms with Crippen molar-refractivity contribution < 1.29 is 14.6 Å². The average Bonchev–Trinajstić information content (AvgIpc) is 2.29. The minimum absolute atomic E-state index is 0.0247. The van der Waals surface area contributed by atoms with Gasteiger partial charge in [-0.15, -0.1) is 0 Å². The van der Waals surface area contributed by atoms with Gasteiger partial charge in [0.15, 0.2) is 0 Å². The highest BCUT2D eigenvalue weighted by Gasteiger charge is 2.04. The van der Waals surface area contributed by atoms with Crippen LogP contribution in [0.4, 0.5) is 0 Å². The Hall–Kier alpha value is -1.81. The van der Waals surface area contributed by atoms with Gasteiger partial charge in [0, 0.05) is 12.1 Å². The Balaban J connectivity index is 2.93. The molecule has 0 bridgehead atoms. The lowest BCUT2D eigenvalue weighted by Crippen LogP contribution is -2.04. The molecule has 17 heavy (non-hydrogen) atoms. The van der Waals surface area contributed by atoms with Crippen LogP contribution in [0.25, 0.3) is 6.08 Å². The van der Waals surface area contributed by atoms with Crippen molar-refractivity contribution in [2.45, 2.75) is 6.42 Å². The number of methoxy groups -OCH3 is 1. The molecule has 4 nitrogen and oxygen atoms in total. The van der Waals surface area contributed by atoms with Crippen LogP contribution in [-0.2, 0) is 11.2 Å². The van der Waals surface area contributed by atoms with Crippen molar-refractivity contribution in [2.24, 2.45) is 0 Å². The second kappa shape index (κ2) is 6.70. The summed E-state index contributed by atoms with van der Waals surface area (Å²) in [7, 11) is 3.46. The molecule has 0 radical (unpaired) electrons. The molecule has 1 rings (SSSR count). The third-order valence-corrected chi connectivity index (χ3v) is 2.27. The van der Waals surface area contributed by atoms with Gasteiger partial charge in [0.05, 0.1) is 13.5 Å². The van der Waals surface area contributed by atoms with Gasteiger partial charge in [-0.2, -0.15) is 0 Å². The number of benzene rings is 1. The molecule has 0 amide bonds. The predicted molar refractivity (Wildman–Crippen MR) is 67.3 cm³/mol. The van der Waals surface area contributed by atoms with E-state index in [9.17, 15) is 4.79 Å². The van der Waals surface area contributed by atoms with Crippen LogP contribution in [0.3, 0.4) is 0 Å². The first-order valence-corrected chi connectivity index (χ1v) is 5.37. The van der Waals surface area contributed by atoms with Gasteiger partial charge in [-0.1, -0.05) is 18.2 Å². The van der Waals surface area contributed by atoms with Gasteiger partial charge in [-0.05, 0) is 24.7 Å². The largest absolute Gasteiger partial charge is 0.496 e. The summed E-state index contributed by atoms with van der Waals surface area (Å²) in [5.74, 6) is -0.0909. The van der Waals surface area contributed by atoms with E-state index >= 15 is 0 Å². The molecule has 1 aromatic carbocycles. The normalized spacial score (nSPS) is 10.7. The minimum atomic E-state index is -0.833. The molecule has 0 saturated heterocycles. The molecule has 0 unspecified atom stereocenters. The zero-order valence-electron chi connectivity index (χ0n) is 10.1. The fraction of sp³-hybridized carbons (Fsp3) is 0.308. The average molecular weight is 235 g/mol. The van der Waals surface area contributed by atoms with Crippen LogP contribution in [0.5, 0.6) is 5.75 Å². The van der Waals surface area contributed by atoms with Gasteiger partial charge in [0.2, 0.25) is 0 Å². The molecule has 0 atom stereocenters. The monoisotopic (exact) mass is 235 g/mol. The molecule has 4 heteroatoms. The molecule has 0 aromatic heterocycles. The van der Waals surface area contributed by atoms with Crippen LogP contribution in [0.15, 0.2) is 24.3 Å². The SMILES string of the molecule is CNCC=Cc1cc(CC(=O)O)ccc1OC. The lowest BCUT2D eigenvalue weighted by atomic mass is 10.1. The summed E-state index contributed by atoms with van der Waals surface area (Å²) in [6.07, 6.45) is 3.90. The Morgan fingerprint density at radius 3 is 2.88 bits per heavy atom. The molecular formula is C13H17NO3. The third-order valence-electron chi connectivity index (χ3n) is 2.27. The molecular weight excluding hydrogens is 218 g/mol. The minimum Gasteiger partial charge on any atom is -0.496 e. The van der Waals surface area contributed by atoms with Crippen molar-refractivity contribution >= 4 is 12.0 Å². The number of hydrogen-bond donors (Lipinski definition) is 2. The molecule has 0 heterocycles. The van der Waals surface area contributed by atoms with E-state index in [0.717, 1.165) is 23.4 Å². The maximum absolute atomic E-state index is 10.6. The Labute approximate surface area is 101 Å². The van der Waals surface area contributed by atoms with Gasteiger partial charge < -0.3 is 15.2 Å². The quantitative estimate of drug-likeness (QED) is 0.785. The van der Waals surface area contributed by atoms with E-state index in [2.05, 4.69) is 5.32 Å². The van der Waals surface area contributed by atoms with Crippen molar-refractivity contribution in [3.63, 3.8) is 0 Å². The maximum Gasteiger partial charge on any atom is 0.307 e. The van der Waals surface area contributed by atoms with E-state index in [1.165, 1.54) is 0 Å². The van der Waals surface area contributed by atoms with Crippen LogP contribution in [-0.4, -0.2) is 31.8 Å². The number of carboxylic acid groups (broad SMARTS) is 1. The lowest BCUT2D eigenvalue weighted by Gasteiger charge is -2.06. The summed E-state index contributed by atoms with van der Waals surface area (Å²) in [4.78, 5) is 10.6. The highest BCUT2D eigenvalue weighted by molar-refractivity contribution is 5.71. The van der Waals surface area contributed by atoms with Gasteiger partial charge in [-0.3, -0.25) is 4.79 Å². The van der Waals surface area contributed by atoms with Crippen molar-refractivity contribution in [2.75, 3.05) is 20.7 Å². The number of likely N-dealkylation sites (N-methyl/N-ethyl adjacent to an activating group) is 1. The number of hydrogen-bond acceptors (Lipinski definition) is 3.